The van der Waals surface area contributed by atoms with E-state index >= 15 is 0 Å². The van der Waals surface area contributed by atoms with Crippen molar-refractivity contribution in [3.05, 3.63) is 44.6 Å². The highest BCUT2D eigenvalue weighted by Crippen LogP contribution is 2.14. The van der Waals surface area contributed by atoms with Crippen molar-refractivity contribution >= 4 is 40.5 Å². The number of rotatable bonds is 4. The van der Waals surface area contributed by atoms with Crippen LogP contribution >= 0.6 is 23.1 Å². The molecule has 0 amide bonds. The number of Topliss-reactive ketones (excluding diaryl/α,β-unsaturated/α-hetero) is 1. The predicted octanol–water partition coefficient (Wildman–Crippen LogP) is 1.16. The molecule has 0 unspecified atom stereocenters. The number of aromatic nitrogens is 1. The number of aryl methyl sites for hydroxylation is 1. The van der Waals surface area contributed by atoms with E-state index in [1.54, 1.807) is 0 Å². The van der Waals surface area contributed by atoms with Gasteiger partial charge in [-0.3, -0.25) is 23.1 Å². The lowest BCUT2D eigenvalue weighted by Gasteiger charge is -2.05. The second kappa shape index (κ2) is 5.46. The topological polar surface area (TPSA) is 73.2 Å². The van der Waals surface area contributed by atoms with Crippen molar-refractivity contribution in [3.63, 3.8) is 0 Å². The maximum atomic E-state index is 11.8. The Hall–Kier alpha value is -1.79. The number of halogens is 1. The molecule has 0 bridgehead atoms. The molecule has 0 fully saturated rings. The lowest BCUT2D eigenvalue weighted by Crippen LogP contribution is -2.19. The summed E-state index contributed by atoms with van der Waals surface area (Å²) in [6.45, 7) is 0.136. The lowest BCUT2D eigenvalue weighted by atomic mass is 9.98. The normalized spacial score (nSPS) is 14.7. The zero-order valence-electron chi connectivity index (χ0n) is 9.59. The van der Waals surface area contributed by atoms with Gasteiger partial charge in [0.2, 0.25) is 0 Å². The maximum absolute atomic E-state index is 11.8. The molecule has 2 rings (SSSR count). The van der Waals surface area contributed by atoms with E-state index in [1.807, 2.05) is 0 Å². The van der Waals surface area contributed by atoms with Crippen molar-refractivity contribution in [2.75, 3.05) is 0 Å². The van der Waals surface area contributed by atoms with Gasteiger partial charge in [0.25, 0.3) is 5.56 Å². The van der Waals surface area contributed by atoms with E-state index in [4.69, 9.17) is 11.6 Å². The Morgan fingerprint density at radius 3 is 2.63 bits per heavy atom. The minimum atomic E-state index is -0.485. The van der Waals surface area contributed by atoms with Crippen LogP contribution in [0.4, 0.5) is 0 Å². The summed E-state index contributed by atoms with van der Waals surface area (Å²) in [6, 6.07) is 1.26. The molecular weight excluding hydrogens is 290 g/mol. The first-order valence-electron chi connectivity index (χ1n) is 5.35. The van der Waals surface area contributed by atoms with Crippen LogP contribution in [0.3, 0.4) is 0 Å². The molecule has 7 heteroatoms. The molecule has 5 nitrogen and oxygen atoms in total. The molecule has 1 aliphatic rings. The smallest absolute Gasteiger partial charge is 0.262 e. The molecule has 0 saturated carbocycles. The van der Waals surface area contributed by atoms with Crippen LogP contribution in [0.1, 0.15) is 6.42 Å². The van der Waals surface area contributed by atoms with Gasteiger partial charge in [-0.15, -0.1) is 0 Å². The zero-order valence-corrected chi connectivity index (χ0v) is 11.2. The van der Waals surface area contributed by atoms with Gasteiger partial charge in [0.15, 0.2) is 17.3 Å². The summed E-state index contributed by atoms with van der Waals surface area (Å²) in [5.74, 6) is -1.33. The fraction of sp³-hybridized carbons (Fsp3) is 0.167. The summed E-state index contributed by atoms with van der Waals surface area (Å²) in [7, 11) is 0. The van der Waals surface area contributed by atoms with Crippen LogP contribution in [0.15, 0.2) is 34.7 Å². The van der Waals surface area contributed by atoms with Crippen molar-refractivity contribution in [1.82, 2.24) is 3.96 Å². The van der Waals surface area contributed by atoms with Crippen molar-refractivity contribution in [3.8, 4) is 0 Å². The van der Waals surface area contributed by atoms with Crippen LogP contribution in [-0.2, 0) is 20.9 Å². The van der Waals surface area contributed by atoms with Crippen molar-refractivity contribution in [2.45, 2.75) is 13.0 Å². The van der Waals surface area contributed by atoms with Gasteiger partial charge in [0, 0.05) is 25.1 Å². The zero-order chi connectivity index (χ0) is 14.0. The van der Waals surface area contributed by atoms with Crippen LogP contribution in [-0.4, -0.2) is 21.3 Å². The monoisotopic (exact) mass is 297 g/mol. The average Bonchev–Trinajstić information content (AvgIpc) is 2.68. The van der Waals surface area contributed by atoms with E-state index in [9.17, 15) is 19.2 Å². The fourth-order valence-corrected chi connectivity index (χ4v) is 2.60. The molecule has 1 aromatic rings. The molecule has 0 saturated heterocycles. The Balaban J connectivity index is 2.06. The summed E-state index contributed by atoms with van der Waals surface area (Å²) < 4.78 is 1.66. The summed E-state index contributed by atoms with van der Waals surface area (Å²) in [5, 5.41) is 0. The van der Waals surface area contributed by atoms with E-state index in [0.717, 1.165) is 29.8 Å². The van der Waals surface area contributed by atoms with Gasteiger partial charge in [-0.2, -0.15) is 0 Å². The van der Waals surface area contributed by atoms with Gasteiger partial charge in [0.05, 0.1) is 5.57 Å². The van der Waals surface area contributed by atoms with Crippen LogP contribution in [0.2, 0.25) is 4.34 Å². The SMILES string of the molecule is O=C1C=CC(=O)C(C(=O)CCn2sc(Cl)cc2=O)=C1. The van der Waals surface area contributed by atoms with Gasteiger partial charge >= 0.3 is 0 Å². The standard InChI is InChI=1S/C12H8ClNO4S/c13-11-6-12(18)14(19-11)4-3-10(17)8-5-7(15)1-2-9(8)16/h1-2,5-6H,3-4H2. The molecule has 1 aromatic heterocycles. The van der Waals surface area contributed by atoms with Gasteiger partial charge < -0.3 is 0 Å². The summed E-state index contributed by atoms with van der Waals surface area (Å²) in [5.41, 5.74) is -0.425. The molecule has 19 heavy (non-hydrogen) atoms. The Morgan fingerprint density at radius 1 is 1.26 bits per heavy atom. The van der Waals surface area contributed by atoms with Crippen molar-refractivity contribution < 1.29 is 14.4 Å². The Bertz CT molecular complexity index is 680. The first kappa shape index (κ1) is 13.6. The highest BCUT2D eigenvalue weighted by Gasteiger charge is 2.20. The molecule has 0 aliphatic heterocycles. The number of ketones is 3. The number of carbonyl (C=O) groups is 3. The van der Waals surface area contributed by atoms with Crippen LogP contribution in [0.25, 0.3) is 0 Å². The molecule has 1 heterocycles. The Morgan fingerprint density at radius 2 is 2.00 bits per heavy atom. The minimum Gasteiger partial charge on any atom is -0.294 e. The van der Waals surface area contributed by atoms with Crippen molar-refractivity contribution in [1.29, 1.82) is 0 Å². The average molecular weight is 298 g/mol. The first-order chi connectivity index (χ1) is 8.97. The molecule has 98 valence electrons. The largest absolute Gasteiger partial charge is 0.294 e. The van der Waals surface area contributed by atoms with Crippen LogP contribution in [0, 0.1) is 0 Å². The molecular formula is C12H8ClNO4S. The number of carbonyl (C=O) groups excluding carboxylic acids is 3. The summed E-state index contributed by atoms with van der Waals surface area (Å²) in [4.78, 5) is 45.8. The number of nitrogens with zero attached hydrogens (tertiary/aromatic N) is 1. The van der Waals surface area contributed by atoms with E-state index < -0.39 is 11.6 Å². The molecule has 0 N–H and O–H groups in total. The van der Waals surface area contributed by atoms with Gasteiger partial charge in [-0.05, 0) is 23.7 Å². The lowest BCUT2D eigenvalue weighted by molar-refractivity contribution is -0.121. The summed E-state index contributed by atoms with van der Waals surface area (Å²) >= 11 is 6.70. The van der Waals surface area contributed by atoms with Gasteiger partial charge in [0.1, 0.15) is 4.34 Å². The third-order valence-corrected chi connectivity index (χ3v) is 3.66. The Kier molecular flexibility index (Phi) is 3.92. The van der Waals surface area contributed by atoms with E-state index in [0.29, 0.717) is 4.34 Å². The predicted molar refractivity (Wildman–Crippen MR) is 70.5 cm³/mol. The van der Waals surface area contributed by atoms with Gasteiger partial charge in [-0.25, -0.2) is 0 Å². The van der Waals surface area contributed by atoms with Crippen LogP contribution < -0.4 is 5.56 Å². The maximum Gasteiger partial charge on any atom is 0.262 e. The second-order valence-electron chi connectivity index (χ2n) is 3.81. The number of hydrogen-bond acceptors (Lipinski definition) is 5. The molecule has 0 atom stereocenters. The highest BCUT2D eigenvalue weighted by atomic mass is 35.5. The molecule has 1 aliphatic carbocycles. The second-order valence-corrected chi connectivity index (χ2v) is 5.51. The summed E-state index contributed by atoms with van der Waals surface area (Å²) in [6.07, 6.45) is 3.18. The Labute approximate surface area is 116 Å². The third-order valence-electron chi connectivity index (χ3n) is 2.47. The van der Waals surface area contributed by atoms with Crippen molar-refractivity contribution in [2.24, 2.45) is 0 Å². The third kappa shape index (κ3) is 3.15. The molecule has 0 radical (unpaired) electrons. The first-order valence-corrected chi connectivity index (χ1v) is 6.50. The van der Waals surface area contributed by atoms with E-state index in [-0.39, 0.29) is 29.9 Å². The molecule has 0 aromatic carbocycles. The fourth-order valence-electron chi connectivity index (χ4n) is 1.57. The van der Waals surface area contributed by atoms with E-state index in [2.05, 4.69) is 0 Å². The van der Waals surface area contributed by atoms with E-state index in [1.165, 1.54) is 10.0 Å². The molecule has 0 spiro atoms. The highest BCUT2D eigenvalue weighted by molar-refractivity contribution is 7.11. The quantitative estimate of drug-likeness (QED) is 0.617. The number of allylic oxidation sites excluding steroid dienone is 4. The van der Waals surface area contributed by atoms with Gasteiger partial charge in [-0.1, -0.05) is 11.6 Å². The number of hydrogen-bond donors (Lipinski definition) is 0. The van der Waals surface area contributed by atoms with Crippen LogP contribution in [0.5, 0.6) is 0 Å². The minimum absolute atomic E-state index is 0.0323.